The van der Waals surface area contributed by atoms with Crippen LogP contribution in [0.4, 0.5) is 0 Å². The van der Waals surface area contributed by atoms with Gasteiger partial charge in [-0.2, -0.15) is 0 Å². The number of nitrogens with one attached hydrogen (secondary N) is 1. The Balaban J connectivity index is 2.49. The predicted molar refractivity (Wildman–Crippen MR) is 55.1 cm³/mol. The van der Waals surface area contributed by atoms with Crippen molar-refractivity contribution in [1.29, 1.82) is 0 Å². The van der Waals surface area contributed by atoms with Gasteiger partial charge < -0.3 is 11.1 Å². The number of rotatable bonds is 0. The third kappa shape index (κ3) is 1.31. The fraction of sp³-hybridized carbons (Fsp3) is 0.455. The predicted octanol–water partition coefficient (Wildman–Crippen LogP) is 1.47. The van der Waals surface area contributed by atoms with E-state index in [9.17, 15) is 0 Å². The van der Waals surface area contributed by atoms with Crippen LogP contribution in [0.25, 0.3) is 0 Å². The summed E-state index contributed by atoms with van der Waals surface area (Å²) in [4.78, 5) is 0. The van der Waals surface area contributed by atoms with Crippen molar-refractivity contribution in [2.24, 2.45) is 5.73 Å². The van der Waals surface area contributed by atoms with Gasteiger partial charge in [-0.05, 0) is 31.4 Å². The first-order valence-electron chi connectivity index (χ1n) is 4.71. The minimum absolute atomic E-state index is 0.0724. The summed E-state index contributed by atoms with van der Waals surface area (Å²) < 4.78 is 0. The third-order valence-corrected chi connectivity index (χ3v) is 2.83. The quantitative estimate of drug-likeness (QED) is 0.586. The van der Waals surface area contributed by atoms with Crippen molar-refractivity contribution >= 4 is 0 Å². The molecule has 0 aromatic heterocycles. The molecule has 0 bridgehead atoms. The molecular weight excluding hydrogens is 160 g/mol. The average molecular weight is 176 g/mol. The fourth-order valence-electron chi connectivity index (χ4n) is 1.97. The van der Waals surface area contributed by atoms with Gasteiger partial charge in [-0.25, -0.2) is 0 Å². The second-order valence-corrected chi connectivity index (χ2v) is 4.19. The summed E-state index contributed by atoms with van der Waals surface area (Å²) in [5, 5.41) is 3.42. The largest absolute Gasteiger partial charge is 0.401 e. The standard InChI is InChI=1S/C11H16N2/c1-11(2)9-6-4-3-5-8(9)10(12)7-13-11/h3-4,6,13H,5,7,12H2,1-2H3. The number of hydrogen-bond donors (Lipinski definition) is 2. The van der Waals surface area contributed by atoms with Gasteiger partial charge in [0.15, 0.2) is 0 Å². The smallest absolute Gasteiger partial charge is 0.0384 e. The van der Waals surface area contributed by atoms with Crippen molar-refractivity contribution in [3.8, 4) is 0 Å². The molecule has 1 aliphatic heterocycles. The van der Waals surface area contributed by atoms with E-state index in [1.807, 2.05) is 0 Å². The Bertz CT molecular complexity index is 319. The summed E-state index contributed by atoms with van der Waals surface area (Å²) in [7, 11) is 0. The topological polar surface area (TPSA) is 38.0 Å². The zero-order chi connectivity index (χ0) is 9.47. The molecule has 70 valence electrons. The molecule has 0 saturated carbocycles. The van der Waals surface area contributed by atoms with E-state index in [2.05, 4.69) is 37.4 Å². The third-order valence-electron chi connectivity index (χ3n) is 2.83. The van der Waals surface area contributed by atoms with E-state index in [0.29, 0.717) is 0 Å². The Hall–Kier alpha value is -1.02. The highest BCUT2D eigenvalue weighted by Crippen LogP contribution is 2.33. The number of hydrogen-bond acceptors (Lipinski definition) is 2. The van der Waals surface area contributed by atoms with Crippen LogP contribution in [0.2, 0.25) is 0 Å². The Morgan fingerprint density at radius 1 is 1.46 bits per heavy atom. The minimum Gasteiger partial charge on any atom is -0.401 e. The normalized spacial score (nSPS) is 25.5. The van der Waals surface area contributed by atoms with E-state index in [1.165, 1.54) is 11.1 Å². The van der Waals surface area contributed by atoms with E-state index in [-0.39, 0.29) is 5.54 Å². The van der Waals surface area contributed by atoms with E-state index in [1.54, 1.807) is 0 Å². The summed E-state index contributed by atoms with van der Waals surface area (Å²) in [6, 6.07) is 0. The summed E-state index contributed by atoms with van der Waals surface area (Å²) >= 11 is 0. The van der Waals surface area contributed by atoms with Crippen LogP contribution in [0, 0.1) is 0 Å². The summed E-state index contributed by atoms with van der Waals surface area (Å²) in [5.41, 5.74) is 9.69. The average Bonchev–Trinajstić information content (AvgIpc) is 2.13. The molecule has 0 fully saturated rings. The molecule has 0 spiro atoms. The zero-order valence-corrected chi connectivity index (χ0v) is 8.22. The second kappa shape index (κ2) is 2.74. The lowest BCUT2D eigenvalue weighted by atomic mass is 9.80. The van der Waals surface area contributed by atoms with Gasteiger partial charge in [0, 0.05) is 17.8 Å². The second-order valence-electron chi connectivity index (χ2n) is 4.19. The first-order valence-corrected chi connectivity index (χ1v) is 4.71. The molecule has 2 nitrogen and oxygen atoms in total. The summed E-state index contributed by atoms with van der Waals surface area (Å²) in [6.07, 6.45) is 7.43. The van der Waals surface area contributed by atoms with Crippen molar-refractivity contribution in [2.45, 2.75) is 25.8 Å². The molecular formula is C11H16N2. The molecule has 2 heteroatoms. The molecule has 0 atom stereocenters. The molecule has 2 rings (SSSR count). The molecule has 0 radical (unpaired) electrons. The van der Waals surface area contributed by atoms with Gasteiger partial charge in [-0.15, -0.1) is 0 Å². The van der Waals surface area contributed by atoms with Crippen molar-refractivity contribution in [1.82, 2.24) is 5.32 Å². The SMILES string of the molecule is CC1(C)NCC(N)=C2CC=CC=C21. The van der Waals surface area contributed by atoms with Crippen molar-refractivity contribution < 1.29 is 0 Å². The van der Waals surface area contributed by atoms with Crippen LogP contribution in [-0.4, -0.2) is 12.1 Å². The Kier molecular flexibility index (Phi) is 1.81. The van der Waals surface area contributed by atoms with E-state index in [0.717, 1.165) is 18.7 Å². The molecule has 0 aromatic rings. The molecule has 0 saturated heterocycles. The van der Waals surface area contributed by atoms with Gasteiger partial charge in [-0.1, -0.05) is 18.2 Å². The van der Waals surface area contributed by atoms with Crippen molar-refractivity contribution in [3.63, 3.8) is 0 Å². The molecule has 0 unspecified atom stereocenters. The van der Waals surface area contributed by atoms with E-state index >= 15 is 0 Å². The van der Waals surface area contributed by atoms with Crippen LogP contribution in [0.1, 0.15) is 20.3 Å². The maximum Gasteiger partial charge on any atom is 0.0384 e. The number of nitrogens with two attached hydrogens (primary N) is 1. The zero-order valence-electron chi connectivity index (χ0n) is 8.22. The minimum atomic E-state index is 0.0724. The number of fused-ring (bicyclic) bond motifs is 1. The highest BCUT2D eigenvalue weighted by molar-refractivity contribution is 5.49. The Morgan fingerprint density at radius 2 is 2.23 bits per heavy atom. The van der Waals surface area contributed by atoms with Crippen LogP contribution in [0.15, 0.2) is 35.1 Å². The Morgan fingerprint density at radius 3 is 2.92 bits per heavy atom. The van der Waals surface area contributed by atoms with Gasteiger partial charge in [0.1, 0.15) is 0 Å². The highest BCUT2D eigenvalue weighted by atomic mass is 15.0. The lowest BCUT2D eigenvalue weighted by Crippen LogP contribution is -2.47. The van der Waals surface area contributed by atoms with Gasteiger partial charge in [0.2, 0.25) is 0 Å². The fourth-order valence-corrected chi connectivity index (χ4v) is 1.97. The first kappa shape index (κ1) is 8.57. The molecule has 13 heavy (non-hydrogen) atoms. The van der Waals surface area contributed by atoms with Crippen molar-refractivity contribution in [2.75, 3.05) is 6.54 Å². The lowest BCUT2D eigenvalue weighted by molar-refractivity contribution is 0.453. The van der Waals surface area contributed by atoms with Crippen LogP contribution in [-0.2, 0) is 0 Å². The molecule has 0 amide bonds. The molecule has 2 aliphatic rings. The van der Waals surface area contributed by atoms with Crippen LogP contribution in [0.3, 0.4) is 0 Å². The van der Waals surface area contributed by atoms with Crippen LogP contribution < -0.4 is 11.1 Å². The maximum absolute atomic E-state index is 5.95. The monoisotopic (exact) mass is 176 g/mol. The first-order chi connectivity index (χ1) is 6.11. The summed E-state index contributed by atoms with van der Waals surface area (Å²) in [5.74, 6) is 0. The molecule has 0 aromatic carbocycles. The summed E-state index contributed by atoms with van der Waals surface area (Å²) in [6.45, 7) is 5.21. The lowest BCUT2D eigenvalue weighted by Gasteiger charge is -2.37. The van der Waals surface area contributed by atoms with Gasteiger partial charge in [0.25, 0.3) is 0 Å². The van der Waals surface area contributed by atoms with E-state index < -0.39 is 0 Å². The molecule has 1 aliphatic carbocycles. The van der Waals surface area contributed by atoms with Crippen LogP contribution >= 0.6 is 0 Å². The molecule has 1 heterocycles. The molecule has 3 N–H and O–H groups in total. The van der Waals surface area contributed by atoms with Gasteiger partial charge in [0.05, 0.1) is 0 Å². The maximum atomic E-state index is 5.95. The highest BCUT2D eigenvalue weighted by Gasteiger charge is 2.30. The van der Waals surface area contributed by atoms with Crippen molar-refractivity contribution in [3.05, 3.63) is 35.1 Å². The number of allylic oxidation sites excluding steroid dienone is 3. The Labute approximate surface area is 79.2 Å². The van der Waals surface area contributed by atoms with Gasteiger partial charge in [-0.3, -0.25) is 0 Å². The van der Waals surface area contributed by atoms with Crippen LogP contribution in [0.5, 0.6) is 0 Å². The van der Waals surface area contributed by atoms with E-state index in [4.69, 9.17) is 5.73 Å². The van der Waals surface area contributed by atoms with Gasteiger partial charge >= 0.3 is 0 Å².